The molecule has 1 unspecified atom stereocenters. The van der Waals surface area contributed by atoms with Crippen LogP contribution in [-0.2, 0) is 4.74 Å². The molecule has 2 rings (SSSR count). The van der Waals surface area contributed by atoms with Crippen LogP contribution in [0.3, 0.4) is 0 Å². The monoisotopic (exact) mass is 313 g/mol. The summed E-state index contributed by atoms with van der Waals surface area (Å²) in [5, 5.41) is 4.50. The van der Waals surface area contributed by atoms with Gasteiger partial charge in [0.1, 0.15) is 0 Å². The zero-order valence-corrected chi connectivity index (χ0v) is 13.9. The van der Waals surface area contributed by atoms with Crippen LogP contribution >= 0.6 is 23.4 Å². The Balaban J connectivity index is 1.76. The van der Waals surface area contributed by atoms with E-state index in [1.54, 1.807) is 0 Å². The Kier molecular flexibility index (Phi) is 6.69. The topological polar surface area (TPSA) is 21.3 Å². The lowest BCUT2D eigenvalue weighted by Gasteiger charge is -2.26. The molecular formula is C16H24ClNOS. The largest absolute Gasteiger partial charge is 0.379 e. The van der Waals surface area contributed by atoms with Crippen LogP contribution < -0.4 is 5.32 Å². The second kappa shape index (κ2) is 8.28. The van der Waals surface area contributed by atoms with Gasteiger partial charge in [0.2, 0.25) is 0 Å². The van der Waals surface area contributed by atoms with Gasteiger partial charge in [0.05, 0.1) is 6.10 Å². The number of ether oxygens (including phenoxy) is 1. The second-order valence-electron chi connectivity index (χ2n) is 5.45. The zero-order chi connectivity index (χ0) is 14.4. The minimum atomic E-state index is 0.340. The molecule has 0 aromatic heterocycles. The van der Waals surface area contributed by atoms with Gasteiger partial charge in [-0.3, -0.25) is 0 Å². The summed E-state index contributed by atoms with van der Waals surface area (Å²) in [7, 11) is 0. The Morgan fingerprint density at radius 2 is 2.25 bits per heavy atom. The Labute approximate surface area is 131 Å². The summed E-state index contributed by atoms with van der Waals surface area (Å²) in [6.07, 6.45) is 3.80. The van der Waals surface area contributed by atoms with Gasteiger partial charge in [-0.2, -0.15) is 0 Å². The minimum absolute atomic E-state index is 0.340. The molecule has 1 N–H and O–H groups in total. The first-order chi connectivity index (χ1) is 9.66. The zero-order valence-electron chi connectivity index (χ0n) is 12.3. The van der Waals surface area contributed by atoms with E-state index in [2.05, 4.69) is 31.3 Å². The van der Waals surface area contributed by atoms with Crippen molar-refractivity contribution < 1.29 is 4.74 Å². The summed E-state index contributed by atoms with van der Waals surface area (Å²) in [5.74, 6) is 1.18. The van der Waals surface area contributed by atoms with Crippen molar-refractivity contribution in [3.8, 4) is 0 Å². The van der Waals surface area contributed by atoms with E-state index in [0.717, 1.165) is 31.0 Å². The van der Waals surface area contributed by atoms with Gasteiger partial charge in [0.25, 0.3) is 0 Å². The fourth-order valence-electron chi connectivity index (χ4n) is 2.40. The highest BCUT2D eigenvalue weighted by Crippen LogP contribution is 2.37. The molecule has 0 saturated heterocycles. The second-order valence-corrected chi connectivity index (χ2v) is 7.03. The van der Waals surface area contributed by atoms with Gasteiger partial charge in [0, 0.05) is 22.6 Å². The molecule has 1 aromatic rings. The number of benzene rings is 1. The SMILES string of the molecule is CC(C)OCCCCNC1CCSc2ccc(Cl)cc21. The average molecular weight is 314 g/mol. The van der Waals surface area contributed by atoms with Gasteiger partial charge >= 0.3 is 0 Å². The first-order valence-electron chi connectivity index (χ1n) is 7.44. The molecule has 1 atom stereocenters. The standard InChI is InChI=1S/C16H24ClNOS/c1-12(2)19-9-4-3-8-18-15-7-10-20-16-6-5-13(17)11-14(15)16/h5-6,11-12,15,18H,3-4,7-10H2,1-2H3. The quantitative estimate of drug-likeness (QED) is 0.739. The molecule has 2 nitrogen and oxygen atoms in total. The van der Waals surface area contributed by atoms with Gasteiger partial charge in [-0.05, 0) is 69.2 Å². The highest BCUT2D eigenvalue weighted by molar-refractivity contribution is 7.99. The van der Waals surface area contributed by atoms with Gasteiger partial charge in [0.15, 0.2) is 0 Å². The number of rotatable bonds is 7. The van der Waals surface area contributed by atoms with Crippen molar-refractivity contribution in [1.82, 2.24) is 5.32 Å². The summed E-state index contributed by atoms with van der Waals surface area (Å²) in [6.45, 7) is 6.07. The molecular weight excluding hydrogens is 290 g/mol. The first kappa shape index (κ1) is 16.2. The van der Waals surface area contributed by atoms with E-state index in [1.165, 1.54) is 22.6 Å². The molecule has 0 fully saturated rings. The Morgan fingerprint density at radius 3 is 3.05 bits per heavy atom. The van der Waals surface area contributed by atoms with E-state index in [9.17, 15) is 0 Å². The third kappa shape index (κ3) is 4.96. The van der Waals surface area contributed by atoms with Crippen molar-refractivity contribution >= 4 is 23.4 Å². The molecule has 0 bridgehead atoms. The lowest BCUT2D eigenvalue weighted by atomic mass is 10.0. The van der Waals surface area contributed by atoms with Gasteiger partial charge < -0.3 is 10.1 Å². The number of nitrogens with one attached hydrogen (secondary N) is 1. The number of thioether (sulfide) groups is 1. The summed E-state index contributed by atoms with van der Waals surface area (Å²) in [5.41, 5.74) is 1.37. The minimum Gasteiger partial charge on any atom is -0.379 e. The van der Waals surface area contributed by atoms with Crippen LogP contribution in [0.2, 0.25) is 5.02 Å². The maximum absolute atomic E-state index is 6.12. The number of hydrogen-bond acceptors (Lipinski definition) is 3. The third-order valence-electron chi connectivity index (χ3n) is 3.42. The maximum Gasteiger partial charge on any atom is 0.0518 e. The normalized spacial score (nSPS) is 18.3. The third-order valence-corrected chi connectivity index (χ3v) is 4.78. The lowest BCUT2D eigenvalue weighted by molar-refractivity contribution is 0.0759. The summed E-state index contributed by atoms with van der Waals surface area (Å²) < 4.78 is 5.56. The smallest absolute Gasteiger partial charge is 0.0518 e. The van der Waals surface area contributed by atoms with Crippen molar-refractivity contribution in [3.63, 3.8) is 0 Å². The molecule has 1 aliphatic rings. The summed E-state index contributed by atoms with van der Waals surface area (Å²) >= 11 is 8.05. The van der Waals surface area contributed by atoms with Crippen LogP contribution in [0.25, 0.3) is 0 Å². The fraction of sp³-hybridized carbons (Fsp3) is 0.625. The lowest BCUT2D eigenvalue weighted by Crippen LogP contribution is -2.25. The Hall–Kier alpha value is -0.220. The van der Waals surface area contributed by atoms with E-state index < -0.39 is 0 Å². The molecule has 1 aliphatic heterocycles. The van der Waals surface area contributed by atoms with Crippen molar-refractivity contribution in [2.45, 2.75) is 50.2 Å². The Morgan fingerprint density at radius 1 is 1.40 bits per heavy atom. The molecule has 0 amide bonds. The molecule has 0 spiro atoms. The summed E-state index contributed by atoms with van der Waals surface area (Å²) in [4.78, 5) is 1.38. The predicted molar refractivity (Wildman–Crippen MR) is 87.9 cm³/mol. The molecule has 20 heavy (non-hydrogen) atoms. The molecule has 0 radical (unpaired) electrons. The van der Waals surface area contributed by atoms with Crippen LogP contribution in [0.4, 0.5) is 0 Å². The van der Waals surface area contributed by atoms with E-state index in [1.807, 2.05) is 17.8 Å². The van der Waals surface area contributed by atoms with Gasteiger partial charge in [-0.1, -0.05) is 11.6 Å². The summed E-state index contributed by atoms with van der Waals surface area (Å²) in [6, 6.07) is 6.70. The molecule has 1 aromatic carbocycles. The van der Waals surface area contributed by atoms with E-state index in [0.29, 0.717) is 12.1 Å². The van der Waals surface area contributed by atoms with Crippen LogP contribution in [-0.4, -0.2) is 25.0 Å². The highest BCUT2D eigenvalue weighted by atomic mass is 35.5. The van der Waals surface area contributed by atoms with Crippen molar-refractivity contribution in [2.75, 3.05) is 18.9 Å². The fourth-order valence-corrected chi connectivity index (χ4v) is 3.69. The molecule has 0 saturated carbocycles. The van der Waals surface area contributed by atoms with E-state index in [4.69, 9.17) is 16.3 Å². The molecule has 1 heterocycles. The molecule has 4 heteroatoms. The van der Waals surface area contributed by atoms with Gasteiger partial charge in [-0.15, -0.1) is 11.8 Å². The molecule has 112 valence electrons. The van der Waals surface area contributed by atoms with Crippen molar-refractivity contribution in [3.05, 3.63) is 28.8 Å². The first-order valence-corrected chi connectivity index (χ1v) is 8.80. The average Bonchev–Trinajstić information content (AvgIpc) is 2.42. The maximum atomic E-state index is 6.12. The van der Waals surface area contributed by atoms with Crippen molar-refractivity contribution in [1.29, 1.82) is 0 Å². The van der Waals surface area contributed by atoms with Crippen LogP contribution in [0.5, 0.6) is 0 Å². The number of halogens is 1. The van der Waals surface area contributed by atoms with E-state index in [-0.39, 0.29) is 0 Å². The molecule has 0 aliphatic carbocycles. The van der Waals surface area contributed by atoms with Gasteiger partial charge in [-0.25, -0.2) is 0 Å². The Bertz CT molecular complexity index is 425. The highest BCUT2D eigenvalue weighted by Gasteiger charge is 2.20. The van der Waals surface area contributed by atoms with E-state index >= 15 is 0 Å². The number of unbranched alkanes of at least 4 members (excludes halogenated alkanes) is 1. The van der Waals surface area contributed by atoms with Crippen LogP contribution in [0.15, 0.2) is 23.1 Å². The van der Waals surface area contributed by atoms with Crippen LogP contribution in [0, 0.1) is 0 Å². The van der Waals surface area contributed by atoms with Crippen molar-refractivity contribution in [2.24, 2.45) is 0 Å². The predicted octanol–water partition coefficient (Wildman–Crippen LogP) is 4.67. The van der Waals surface area contributed by atoms with Crippen LogP contribution in [0.1, 0.15) is 44.7 Å². The number of hydrogen-bond donors (Lipinski definition) is 1. The number of fused-ring (bicyclic) bond motifs is 1.